The Kier molecular flexibility index (Phi) is 2.17. The van der Waals surface area contributed by atoms with Gasteiger partial charge in [-0.2, -0.15) is 0 Å². The third-order valence-electron chi connectivity index (χ3n) is 3.84. The first-order valence-corrected chi connectivity index (χ1v) is 6.56. The summed E-state index contributed by atoms with van der Waals surface area (Å²) >= 11 is 0. The van der Waals surface area contributed by atoms with Gasteiger partial charge in [0, 0.05) is 35.8 Å². The number of H-pyrrole nitrogens is 1. The highest BCUT2D eigenvalue weighted by molar-refractivity contribution is 6.05. The van der Waals surface area contributed by atoms with E-state index < -0.39 is 0 Å². The van der Waals surface area contributed by atoms with Crippen LogP contribution in [0.25, 0.3) is 10.9 Å². The maximum Gasteiger partial charge on any atom is 0.132 e. The lowest BCUT2D eigenvalue weighted by Crippen LogP contribution is -2.42. The summed E-state index contributed by atoms with van der Waals surface area (Å²) in [7, 11) is 0. The van der Waals surface area contributed by atoms with Crippen LogP contribution < -0.4 is 5.01 Å². The molecule has 4 heteroatoms. The van der Waals surface area contributed by atoms with Crippen LogP contribution in [-0.2, 0) is 0 Å². The molecule has 1 fully saturated rings. The molecule has 0 saturated carbocycles. The molecule has 2 aromatic rings. The van der Waals surface area contributed by atoms with Crippen molar-refractivity contribution < 1.29 is 0 Å². The number of hydrazine groups is 1. The van der Waals surface area contributed by atoms with E-state index in [0.717, 1.165) is 19.8 Å². The Morgan fingerprint density at radius 2 is 1.94 bits per heavy atom. The van der Waals surface area contributed by atoms with Crippen molar-refractivity contribution >= 4 is 22.9 Å². The molecule has 92 valence electrons. The zero-order valence-corrected chi connectivity index (χ0v) is 10.3. The van der Waals surface area contributed by atoms with E-state index in [9.17, 15) is 0 Å². The van der Waals surface area contributed by atoms with E-state index in [1.54, 1.807) is 0 Å². The predicted molar refractivity (Wildman–Crippen MR) is 74.0 cm³/mol. The van der Waals surface area contributed by atoms with Gasteiger partial charge in [-0.25, -0.2) is 5.01 Å². The number of hydrogen-bond acceptors (Lipinski definition) is 3. The first kappa shape index (κ1) is 10.1. The number of nitrogens with zero attached hydrogens (tertiary/aromatic N) is 3. The lowest BCUT2D eigenvalue weighted by atomic mass is 10.1. The lowest BCUT2D eigenvalue weighted by molar-refractivity contribution is 0.306. The van der Waals surface area contributed by atoms with E-state index in [-0.39, 0.29) is 0 Å². The fourth-order valence-electron chi connectivity index (χ4n) is 2.94. The zero-order valence-electron chi connectivity index (χ0n) is 10.3. The SMILES string of the molecule is C1=NCN(N2CCCC2)c2[nH]c3ccccc3c21. The number of rotatable bonds is 1. The highest BCUT2D eigenvalue weighted by atomic mass is 15.7. The number of aromatic nitrogens is 1. The van der Waals surface area contributed by atoms with Crippen molar-refractivity contribution in [3.63, 3.8) is 0 Å². The lowest BCUT2D eigenvalue weighted by Gasteiger charge is -2.33. The number of anilines is 1. The summed E-state index contributed by atoms with van der Waals surface area (Å²) in [5.41, 5.74) is 2.42. The molecule has 0 spiro atoms. The van der Waals surface area contributed by atoms with Gasteiger partial charge >= 0.3 is 0 Å². The number of benzene rings is 1. The van der Waals surface area contributed by atoms with Crippen LogP contribution in [0, 0.1) is 0 Å². The topological polar surface area (TPSA) is 34.6 Å². The molecule has 1 N–H and O–H groups in total. The summed E-state index contributed by atoms with van der Waals surface area (Å²) in [4.78, 5) is 8.04. The normalized spacial score (nSPS) is 19.7. The van der Waals surface area contributed by atoms with E-state index in [0.29, 0.717) is 0 Å². The number of para-hydroxylation sites is 1. The standard InChI is InChI=1S/C14H16N4/c1-2-6-13-11(5-1)12-9-15-10-18(14(12)16-13)17-7-3-4-8-17/h1-2,5-6,9,16H,3-4,7-8,10H2. The van der Waals surface area contributed by atoms with E-state index in [4.69, 9.17) is 0 Å². The molecule has 0 atom stereocenters. The summed E-state index contributed by atoms with van der Waals surface area (Å²) in [5, 5.41) is 5.97. The maximum atomic E-state index is 4.51. The number of nitrogens with one attached hydrogen (secondary N) is 1. The molecule has 0 aliphatic carbocycles. The predicted octanol–water partition coefficient (Wildman–Crippen LogP) is 2.38. The maximum absolute atomic E-state index is 4.51. The van der Waals surface area contributed by atoms with E-state index in [2.05, 4.69) is 44.3 Å². The molecule has 0 bridgehead atoms. The Bertz CT molecular complexity index is 607. The second-order valence-corrected chi connectivity index (χ2v) is 4.95. The van der Waals surface area contributed by atoms with Crippen molar-refractivity contribution in [2.75, 3.05) is 24.8 Å². The number of aromatic amines is 1. The molecule has 2 aliphatic heterocycles. The van der Waals surface area contributed by atoms with Crippen LogP contribution in [0.15, 0.2) is 29.3 Å². The van der Waals surface area contributed by atoms with Crippen LogP contribution in [0.2, 0.25) is 0 Å². The number of hydrogen-bond donors (Lipinski definition) is 1. The molecule has 4 rings (SSSR count). The molecule has 0 radical (unpaired) electrons. The highest BCUT2D eigenvalue weighted by Gasteiger charge is 2.25. The quantitative estimate of drug-likeness (QED) is 0.830. The summed E-state index contributed by atoms with van der Waals surface area (Å²) in [6, 6.07) is 8.44. The fraction of sp³-hybridized carbons (Fsp3) is 0.357. The Morgan fingerprint density at radius 3 is 2.83 bits per heavy atom. The van der Waals surface area contributed by atoms with Gasteiger partial charge in [0.15, 0.2) is 0 Å². The van der Waals surface area contributed by atoms with Crippen molar-refractivity contribution in [3.05, 3.63) is 29.8 Å². The zero-order chi connectivity index (χ0) is 11.9. The van der Waals surface area contributed by atoms with Gasteiger partial charge in [0.25, 0.3) is 0 Å². The summed E-state index contributed by atoms with van der Waals surface area (Å²) in [5.74, 6) is 1.20. The molecule has 1 saturated heterocycles. The Balaban J connectivity index is 1.86. The molecule has 2 aliphatic rings. The first-order valence-electron chi connectivity index (χ1n) is 6.56. The van der Waals surface area contributed by atoms with Crippen LogP contribution in [0.3, 0.4) is 0 Å². The smallest absolute Gasteiger partial charge is 0.132 e. The van der Waals surface area contributed by atoms with E-state index in [1.165, 1.54) is 35.1 Å². The van der Waals surface area contributed by atoms with Crippen molar-refractivity contribution in [2.24, 2.45) is 4.99 Å². The van der Waals surface area contributed by atoms with Crippen molar-refractivity contribution in [1.29, 1.82) is 0 Å². The van der Waals surface area contributed by atoms with Gasteiger partial charge < -0.3 is 4.98 Å². The van der Waals surface area contributed by atoms with Gasteiger partial charge in [-0.05, 0) is 18.9 Å². The Hall–Kier alpha value is -1.81. The van der Waals surface area contributed by atoms with Crippen LogP contribution in [0.5, 0.6) is 0 Å². The second kappa shape index (κ2) is 3.85. The number of aliphatic imine (C=N–C) groups is 1. The minimum atomic E-state index is 0.736. The molecule has 3 heterocycles. The van der Waals surface area contributed by atoms with Gasteiger partial charge in [0.05, 0.1) is 0 Å². The van der Waals surface area contributed by atoms with Crippen LogP contribution in [0.1, 0.15) is 18.4 Å². The Morgan fingerprint density at radius 1 is 1.11 bits per heavy atom. The van der Waals surface area contributed by atoms with Crippen molar-refractivity contribution in [2.45, 2.75) is 12.8 Å². The van der Waals surface area contributed by atoms with Gasteiger partial charge in [0.2, 0.25) is 0 Å². The Labute approximate surface area is 106 Å². The molecule has 1 aromatic carbocycles. The van der Waals surface area contributed by atoms with Gasteiger partial charge in [-0.3, -0.25) is 10.0 Å². The molecular formula is C14H16N4. The largest absolute Gasteiger partial charge is 0.340 e. The molecule has 0 amide bonds. The summed E-state index contributed by atoms with van der Waals surface area (Å²) < 4.78 is 0. The molecule has 4 nitrogen and oxygen atoms in total. The summed E-state index contributed by atoms with van der Waals surface area (Å²) in [6.45, 7) is 3.02. The first-order chi connectivity index (χ1) is 8.93. The third kappa shape index (κ3) is 1.39. The monoisotopic (exact) mass is 240 g/mol. The second-order valence-electron chi connectivity index (χ2n) is 4.95. The fourth-order valence-corrected chi connectivity index (χ4v) is 2.94. The number of fused-ring (bicyclic) bond motifs is 3. The van der Waals surface area contributed by atoms with Crippen LogP contribution in [0.4, 0.5) is 5.82 Å². The van der Waals surface area contributed by atoms with Gasteiger partial charge in [-0.15, -0.1) is 0 Å². The molecule has 1 aromatic heterocycles. The highest BCUT2D eigenvalue weighted by Crippen LogP contribution is 2.31. The van der Waals surface area contributed by atoms with E-state index in [1.807, 2.05) is 6.21 Å². The third-order valence-corrected chi connectivity index (χ3v) is 3.84. The average molecular weight is 240 g/mol. The molecule has 18 heavy (non-hydrogen) atoms. The minimum absolute atomic E-state index is 0.736. The van der Waals surface area contributed by atoms with Crippen LogP contribution in [-0.4, -0.2) is 36.0 Å². The van der Waals surface area contributed by atoms with Gasteiger partial charge in [-0.1, -0.05) is 18.2 Å². The van der Waals surface area contributed by atoms with Crippen molar-refractivity contribution in [3.8, 4) is 0 Å². The van der Waals surface area contributed by atoms with Crippen LogP contribution >= 0.6 is 0 Å². The molecular weight excluding hydrogens is 224 g/mol. The minimum Gasteiger partial charge on any atom is -0.340 e. The van der Waals surface area contributed by atoms with Gasteiger partial charge in [0.1, 0.15) is 12.5 Å². The molecule has 0 unspecified atom stereocenters. The van der Waals surface area contributed by atoms with E-state index >= 15 is 0 Å². The van der Waals surface area contributed by atoms with Crippen molar-refractivity contribution in [1.82, 2.24) is 9.99 Å². The summed E-state index contributed by atoms with van der Waals surface area (Å²) in [6.07, 6.45) is 4.58. The average Bonchev–Trinajstić information content (AvgIpc) is 3.05.